The number of anilines is 1. The Morgan fingerprint density at radius 1 is 1.68 bits per heavy atom. The molecule has 102 valence electrons. The second-order valence-electron chi connectivity index (χ2n) is 4.39. The third kappa shape index (κ3) is 2.71. The summed E-state index contributed by atoms with van der Waals surface area (Å²) >= 11 is 0. The number of nitrogens with one attached hydrogen (secondary N) is 1. The van der Waals surface area contributed by atoms with Crippen LogP contribution >= 0.6 is 0 Å². The topological polar surface area (TPSA) is 109 Å². The fourth-order valence-corrected chi connectivity index (χ4v) is 3.83. The lowest BCUT2D eigenvalue weighted by atomic mass is 10.2. The van der Waals surface area contributed by atoms with Gasteiger partial charge in [0.1, 0.15) is 5.69 Å². The van der Waals surface area contributed by atoms with Crippen LogP contribution in [0, 0.1) is 12.3 Å². The predicted molar refractivity (Wildman–Crippen MR) is 69.9 cm³/mol. The third-order valence-electron chi connectivity index (χ3n) is 3.05. The first-order valence-corrected chi connectivity index (χ1v) is 7.50. The van der Waals surface area contributed by atoms with Gasteiger partial charge >= 0.3 is 0 Å². The largest absolute Gasteiger partial charge is 0.396 e. The predicted octanol–water partition coefficient (Wildman–Crippen LogP) is -0.746. The summed E-state index contributed by atoms with van der Waals surface area (Å²) in [4.78, 5) is 13.7. The maximum atomic E-state index is 12.3. The lowest BCUT2D eigenvalue weighted by Gasteiger charge is -2.25. The van der Waals surface area contributed by atoms with Crippen molar-refractivity contribution >= 4 is 21.4 Å². The molecule has 0 radical (unpaired) electrons. The number of hydrogen-bond donors (Lipinski definition) is 2. The van der Waals surface area contributed by atoms with E-state index in [0.717, 1.165) is 0 Å². The molecule has 0 spiro atoms. The summed E-state index contributed by atoms with van der Waals surface area (Å²) < 4.78 is 23.0. The Kier molecular flexibility index (Phi) is 3.48. The van der Waals surface area contributed by atoms with Gasteiger partial charge in [-0.1, -0.05) is 5.92 Å². The third-order valence-corrected chi connectivity index (χ3v) is 4.80. The molecule has 0 saturated carbocycles. The van der Waals surface area contributed by atoms with Crippen molar-refractivity contribution in [3.63, 3.8) is 0 Å². The summed E-state index contributed by atoms with van der Waals surface area (Å²) in [6.45, 7) is 0.0392. The highest BCUT2D eigenvalue weighted by molar-refractivity contribution is 7.91. The Balaban J connectivity index is 2.24. The zero-order valence-electron chi connectivity index (χ0n) is 10.2. The maximum Gasteiger partial charge on any atom is 0.275 e. The van der Waals surface area contributed by atoms with Crippen LogP contribution in [-0.2, 0) is 9.84 Å². The van der Waals surface area contributed by atoms with Crippen molar-refractivity contribution in [2.24, 2.45) is 0 Å². The number of nitrogen functional groups attached to an aromatic ring is 1. The van der Waals surface area contributed by atoms with Crippen LogP contribution in [0.3, 0.4) is 0 Å². The number of carbonyl (C=O) groups excluding carboxylic acids is 1. The Morgan fingerprint density at radius 2 is 2.42 bits per heavy atom. The molecule has 1 unspecified atom stereocenters. The van der Waals surface area contributed by atoms with Crippen LogP contribution in [0.4, 0.5) is 5.69 Å². The standard InChI is InChI=1S/C11H14N4O3S/c1-2-4-15(8-3-5-19(17,18)7-8)11(16)10-9(12)6-13-14-10/h1,6,8H,3-5,7,12H2,(H,13,14). The van der Waals surface area contributed by atoms with Gasteiger partial charge in [-0.25, -0.2) is 8.42 Å². The summed E-state index contributed by atoms with van der Waals surface area (Å²) in [6, 6.07) is -0.406. The van der Waals surface area contributed by atoms with E-state index in [-0.39, 0.29) is 29.4 Å². The highest BCUT2D eigenvalue weighted by Gasteiger charge is 2.35. The number of hydrogen-bond acceptors (Lipinski definition) is 5. The van der Waals surface area contributed by atoms with E-state index in [9.17, 15) is 13.2 Å². The van der Waals surface area contributed by atoms with E-state index in [2.05, 4.69) is 16.1 Å². The number of amides is 1. The summed E-state index contributed by atoms with van der Waals surface area (Å²) in [6.07, 6.45) is 6.96. The highest BCUT2D eigenvalue weighted by Crippen LogP contribution is 2.20. The Morgan fingerprint density at radius 3 is 2.89 bits per heavy atom. The second kappa shape index (κ2) is 4.93. The van der Waals surface area contributed by atoms with E-state index < -0.39 is 21.8 Å². The molecule has 1 aliphatic heterocycles. The van der Waals surface area contributed by atoms with Crippen LogP contribution < -0.4 is 5.73 Å². The fraction of sp³-hybridized carbons (Fsp3) is 0.455. The molecule has 1 aromatic heterocycles. The van der Waals surface area contributed by atoms with Gasteiger partial charge in [0.2, 0.25) is 0 Å². The molecule has 0 bridgehead atoms. The second-order valence-corrected chi connectivity index (χ2v) is 6.62. The number of carbonyl (C=O) groups is 1. The Hall–Kier alpha value is -2.01. The van der Waals surface area contributed by atoms with E-state index in [1.165, 1.54) is 11.1 Å². The van der Waals surface area contributed by atoms with Crippen LogP contribution in [0.25, 0.3) is 0 Å². The van der Waals surface area contributed by atoms with Crippen LogP contribution in [-0.4, -0.2) is 53.5 Å². The molecule has 0 aliphatic carbocycles. The van der Waals surface area contributed by atoms with Crippen molar-refractivity contribution in [1.29, 1.82) is 0 Å². The lowest BCUT2D eigenvalue weighted by molar-refractivity contribution is 0.0719. The number of nitrogens with zero attached hydrogens (tertiary/aromatic N) is 2. The number of sulfone groups is 1. The molecule has 8 heteroatoms. The Bertz CT molecular complexity index is 629. The molecular formula is C11H14N4O3S. The minimum Gasteiger partial charge on any atom is -0.396 e. The molecule has 3 N–H and O–H groups in total. The molecule has 7 nitrogen and oxygen atoms in total. The molecule has 2 rings (SSSR count). The van der Waals surface area contributed by atoms with Crippen molar-refractivity contribution < 1.29 is 13.2 Å². The van der Waals surface area contributed by atoms with Gasteiger partial charge in [-0.3, -0.25) is 9.89 Å². The molecule has 1 saturated heterocycles. The zero-order valence-corrected chi connectivity index (χ0v) is 11.0. The molecule has 1 amide bonds. The summed E-state index contributed by atoms with van der Waals surface area (Å²) in [5.41, 5.74) is 5.97. The van der Waals surface area contributed by atoms with Gasteiger partial charge in [0, 0.05) is 6.04 Å². The monoisotopic (exact) mass is 282 g/mol. The number of H-pyrrole nitrogens is 1. The van der Waals surface area contributed by atoms with Gasteiger partial charge in [-0.2, -0.15) is 5.10 Å². The van der Waals surface area contributed by atoms with Gasteiger partial charge in [0.05, 0.1) is 29.9 Å². The summed E-state index contributed by atoms with van der Waals surface area (Å²) in [7, 11) is -3.09. The molecule has 19 heavy (non-hydrogen) atoms. The molecule has 0 aromatic carbocycles. The van der Waals surface area contributed by atoms with E-state index in [0.29, 0.717) is 6.42 Å². The smallest absolute Gasteiger partial charge is 0.275 e. The van der Waals surface area contributed by atoms with Crippen molar-refractivity contribution in [3.05, 3.63) is 11.9 Å². The van der Waals surface area contributed by atoms with E-state index in [1.807, 2.05) is 0 Å². The van der Waals surface area contributed by atoms with Crippen LogP contribution in [0.1, 0.15) is 16.9 Å². The molecule has 1 aromatic rings. The first kappa shape index (κ1) is 13.4. The maximum absolute atomic E-state index is 12.3. The van der Waals surface area contributed by atoms with Crippen LogP contribution in [0.2, 0.25) is 0 Å². The van der Waals surface area contributed by atoms with Gasteiger partial charge in [0.15, 0.2) is 9.84 Å². The number of nitrogens with two attached hydrogens (primary N) is 1. The fourth-order valence-electron chi connectivity index (χ4n) is 2.10. The minimum absolute atomic E-state index is 0.0392. The average Bonchev–Trinajstić information content (AvgIpc) is 2.91. The normalized spacial score (nSPS) is 20.9. The van der Waals surface area contributed by atoms with Gasteiger partial charge in [0.25, 0.3) is 5.91 Å². The molecule has 2 heterocycles. The number of aromatic amines is 1. The van der Waals surface area contributed by atoms with Gasteiger partial charge in [-0.05, 0) is 6.42 Å². The van der Waals surface area contributed by atoms with E-state index in [1.54, 1.807) is 0 Å². The molecule has 1 fully saturated rings. The van der Waals surface area contributed by atoms with Crippen molar-refractivity contribution in [2.75, 3.05) is 23.8 Å². The zero-order chi connectivity index (χ0) is 14.0. The first-order chi connectivity index (χ1) is 8.94. The lowest BCUT2D eigenvalue weighted by Crippen LogP contribution is -2.41. The van der Waals surface area contributed by atoms with Gasteiger partial charge in [-0.15, -0.1) is 6.42 Å². The number of aromatic nitrogens is 2. The quantitative estimate of drug-likeness (QED) is 0.709. The summed E-state index contributed by atoms with van der Waals surface area (Å²) in [5, 5.41) is 6.18. The minimum atomic E-state index is -3.09. The highest BCUT2D eigenvalue weighted by atomic mass is 32.2. The Labute approximate surface area is 111 Å². The summed E-state index contributed by atoms with van der Waals surface area (Å²) in [5.74, 6) is 1.96. The van der Waals surface area contributed by atoms with E-state index >= 15 is 0 Å². The molecular weight excluding hydrogens is 268 g/mol. The van der Waals surface area contributed by atoms with Crippen LogP contribution in [0.15, 0.2) is 6.20 Å². The average molecular weight is 282 g/mol. The molecule has 1 aliphatic rings. The molecule has 1 atom stereocenters. The van der Waals surface area contributed by atoms with Crippen molar-refractivity contribution in [3.8, 4) is 12.3 Å². The number of rotatable bonds is 3. The first-order valence-electron chi connectivity index (χ1n) is 5.68. The van der Waals surface area contributed by atoms with Crippen LogP contribution in [0.5, 0.6) is 0 Å². The van der Waals surface area contributed by atoms with Gasteiger partial charge < -0.3 is 10.6 Å². The van der Waals surface area contributed by atoms with E-state index in [4.69, 9.17) is 12.2 Å². The SMILES string of the molecule is C#CCN(C(=O)c1[nH]ncc1N)C1CCS(=O)(=O)C1. The number of terminal acetylenes is 1. The van der Waals surface area contributed by atoms with Crippen molar-refractivity contribution in [1.82, 2.24) is 15.1 Å². The van der Waals surface area contributed by atoms with Crippen molar-refractivity contribution in [2.45, 2.75) is 12.5 Å².